The molecule has 2 aromatic rings. The summed E-state index contributed by atoms with van der Waals surface area (Å²) in [5.41, 5.74) is 5.33. The zero-order valence-corrected chi connectivity index (χ0v) is 11.0. The largest absolute Gasteiger partial charge is 0.271 e. The van der Waals surface area contributed by atoms with Crippen LogP contribution in [0.3, 0.4) is 0 Å². The molecule has 18 heavy (non-hydrogen) atoms. The number of pyridine rings is 1. The molecule has 2 heterocycles. The van der Waals surface area contributed by atoms with Crippen LogP contribution in [0.25, 0.3) is 10.9 Å². The molecular weight excluding hydrogens is 242 g/mol. The highest BCUT2D eigenvalue weighted by Gasteiger charge is 2.26. The highest BCUT2D eigenvalue weighted by Crippen LogP contribution is 2.36. The Morgan fingerprint density at radius 2 is 2.28 bits per heavy atom. The quantitative estimate of drug-likeness (QED) is 0.657. The second-order valence-electron chi connectivity index (χ2n) is 4.69. The van der Waals surface area contributed by atoms with Crippen LogP contribution in [0.5, 0.6) is 0 Å². The number of rotatable bonds is 3. The fourth-order valence-electron chi connectivity index (χ4n) is 2.69. The van der Waals surface area contributed by atoms with E-state index in [4.69, 9.17) is 5.84 Å². The standard InChI is InChI=1S/C14H17N3S/c15-17-14(10-6-8-18-9-10)12-3-1-5-13-11(12)4-2-7-16-13/h1-5,7,10,14,17H,6,8-9,15H2. The lowest BCUT2D eigenvalue weighted by Gasteiger charge is -2.23. The number of nitrogens with two attached hydrogens (primary N) is 1. The van der Waals surface area contributed by atoms with Gasteiger partial charge in [0.1, 0.15) is 0 Å². The zero-order chi connectivity index (χ0) is 12.4. The Morgan fingerprint density at radius 3 is 3.06 bits per heavy atom. The van der Waals surface area contributed by atoms with Crippen LogP contribution in [0.15, 0.2) is 36.5 Å². The molecule has 94 valence electrons. The van der Waals surface area contributed by atoms with Crippen LogP contribution in [-0.4, -0.2) is 16.5 Å². The molecule has 0 spiro atoms. The summed E-state index contributed by atoms with van der Waals surface area (Å²) >= 11 is 2.01. The van der Waals surface area contributed by atoms with Crippen molar-refractivity contribution >= 4 is 22.7 Å². The van der Waals surface area contributed by atoms with Gasteiger partial charge in [0.25, 0.3) is 0 Å². The number of hydrazine groups is 1. The zero-order valence-electron chi connectivity index (χ0n) is 10.2. The van der Waals surface area contributed by atoms with Crippen LogP contribution in [0.1, 0.15) is 18.0 Å². The first-order chi connectivity index (χ1) is 8.90. The van der Waals surface area contributed by atoms with E-state index in [9.17, 15) is 0 Å². The minimum absolute atomic E-state index is 0.230. The number of hydrogen-bond acceptors (Lipinski definition) is 4. The summed E-state index contributed by atoms with van der Waals surface area (Å²) in [5.74, 6) is 8.84. The molecule has 2 unspecified atom stereocenters. The summed E-state index contributed by atoms with van der Waals surface area (Å²) in [4.78, 5) is 4.41. The van der Waals surface area contributed by atoms with E-state index >= 15 is 0 Å². The average molecular weight is 259 g/mol. The summed E-state index contributed by atoms with van der Waals surface area (Å²) < 4.78 is 0. The van der Waals surface area contributed by atoms with Gasteiger partial charge in [0.05, 0.1) is 11.6 Å². The molecule has 0 amide bonds. The number of nitrogens with zero attached hydrogens (tertiary/aromatic N) is 1. The van der Waals surface area contributed by atoms with Gasteiger partial charge in [0, 0.05) is 11.6 Å². The Morgan fingerprint density at radius 1 is 1.33 bits per heavy atom. The number of thioether (sulfide) groups is 1. The molecule has 4 heteroatoms. The second kappa shape index (κ2) is 5.26. The van der Waals surface area contributed by atoms with Crippen LogP contribution in [-0.2, 0) is 0 Å². The number of benzene rings is 1. The molecular formula is C14H17N3S. The van der Waals surface area contributed by atoms with Crippen LogP contribution in [0.4, 0.5) is 0 Å². The summed E-state index contributed by atoms with van der Waals surface area (Å²) in [5, 5.41) is 1.21. The third-order valence-electron chi connectivity index (χ3n) is 3.63. The van der Waals surface area contributed by atoms with Crippen LogP contribution >= 0.6 is 11.8 Å². The molecule has 0 radical (unpaired) electrons. The molecule has 1 aromatic carbocycles. The fraction of sp³-hybridized carbons (Fsp3) is 0.357. The topological polar surface area (TPSA) is 50.9 Å². The number of aromatic nitrogens is 1. The Labute approximate surface area is 111 Å². The normalized spacial score (nSPS) is 21.3. The van der Waals surface area contributed by atoms with Crippen molar-refractivity contribution in [3.8, 4) is 0 Å². The molecule has 0 saturated carbocycles. The monoisotopic (exact) mass is 259 g/mol. The van der Waals surface area contributed by atoms with Gasteiger partial charge in [-0.25, -0.2) is 0 Å². The maximum atomic E-state index is 5.80. The van der Waals surface area contributed by atoms with E-state index in [-0.39, 0.29) is 6.04 Å². The van der Waals surface area contributed by atoms with Gasteiger partial charge in [-0.1, -0.05) is 18.2 Å². The Bertz CT molecular complexity index is 532. The molecule has 1 aromatic heterocycles. The minimum atomic E-state index is 0.230. The van der Waals surface area contributed by atoms with Crippen molar-refractivity contribution in [3.63, 3.8) is 0 Å². The lowest BCUT2D eigenvalue weighted by Crippen LogP contribution is -2.33. The molecule has 1 aliphatic rings. The van der Waals surface area contributed by atoms with E-state index in [0.717, 1.165) is 5.52 Å². The Kier molecular flexibility index (Phi) is 3.50. The van der Waals surface area contributed by atoms with Crippen molar-refractivity contribution in [2.75, 3.05) is 11.5 Å². The number of hydrogen-bond donors (Lipinski definition) is 2. The van der Waals surface area contributed by atoms with Crippen LogP contribution in [0, 0.1) is 5.92 Å². The Balaban J connectivity index is 2.06. The van der Waals surface area contributed by atoms with E-state index in [2.05, 4.69) is 34.7 Å². The van der Waals surface area contributed by atoms with E-state index < -0.39 is 0 Å². The van der Waals surface area contributed by atoms with Gasteiger partial charge in [-0.3, -0.25) is 16.3 Å². The van der Waals surface area contributed by atoms with Crippen LogP contribution < -0.4 is 11.3 Å². The molecule has 1 saturated heterocycles. The number of fused-ring (bicyclic) bond motifs is 1. The summed E-state index contributed by atoms with van der Waals surface area (Å²) in [6.45, 7) is 0. The van der Waals surface area contributed by atoms with Crippen molar-refractivity contribution in [1.29, 1.82) is 0 Å². The van der Waals surface area contributed by atoms with Gasteiger partial charge in [0.2, 0.25) is 0 Å². The third-order valence-corrected chi connectivity index (χ3v) is 4.82. The summed E-state index contributed by atoms with van der Waals surface area (Å²) in [6, 6.07) is 10.6. The van der Waals surface area contributed by atoms with Crippen molar-refractivity contribution < 1.29 is 0 Å². The molecule has 3 rings (SSSR count). The predicted molar refractivity (Wildman–Crippen MR) is 77.2 cm³/mol. The first-order valence-corrected chi connectivity index (χ1v) is 7.43. The van der Waals surface area contributed by atoms with Crippen molar-refractivity contribution in [1.82, 2.24) is 10.4 Å². The van der Waals surface area contributed by atoms with Gasteiger partial charge in [0.15, 0.2) is 0 Å². The van der Waals surface area contributed by atoms with Gasteiger partial charge < -0.3 is 0 Å². The maximum absolute atomic E-state index is 5.80. The van der Waals surface area contributed by atoms with Crippen molar-refractivity contribution in [2.45, 2.75) is 12.5 Å². The van der Waals surface area contributed by atoms with Crippen LogP contribution in [0.2, 0.25) is 0 Å². The molecule has 0 bridgehead atoms. The summed E-state index contributed by atoms with van der Waals surface area (Å²) in [7, 11) is 0. The minimum Gasteiger partial charge on any atom is -0.271 e. The predicted octanol–water partition coefficient (Wildman–Crippen LogP) is 2.49. The molecule has 1 fully saturated rings. The van der Waals surface area contributed by atoms with E-state index in [1.165, 1.54) is 28.9 Å². The molecule has 3 N–H and O–H groups in total. The average Bonchev–Trinajstić information content (AvgIpc) is 2.94. The maximum Gasteiger partial charge on any atom is 0.0705 e. The molecule has 1 aliphatic heterocycles. The van der Waals surface area contributed by atoms with Gasteiger partial charge >= 0.3 is 0 Å². The molecule has 0 aliphatic carbocycles. The van der Waals surface area contributed by atoms with Gasteiger partial charge in [-0.2, -0.15) is 11.8 Å². The van der Waals surface area contributed by atoms with Crippen molar-refractivity contribution in [2.24, 2.45) is 11.8 Å². The lowest BCUT2D eigenvalue weighted by atomic mass is 9.90. The highest BCUT2D eigenvalue weighted by molar-refractivity contribution is 7.99. The SMILES string of the molecule is NNC(c1cccc2ncccc12)C1CCSC1. The van der Waals surface area contributed by atoms with E-state index in [1.54, 1.807) is 0 Å². The van der Waals surface area contributed by atoms with E-state index in [0.29, 0.717) is 5.92 Å². The first kappa shape index (κ1) is 12.0. The summed E-state index contributed by atoms with van der Waals surface area (Å²) in [6.07, 6.45) is 3.07. The number of nitrogens with one attached hydrogen (secondary N) is 1. The fourth-order valence-corrected chi connectivity index (χ4v) is 3.99. The van der Waals surface area contributed by atoms with Gasteiger partial charge in [-0.15, -0.1) is 0 Å². The first-order valence-electron chi connectivity index (χ1n) is 6.27. The molecule has 2 atom stereocenters. The Hall–Kier alpha value is -1.10. The van der Waals surface area contributed by atoms with E-state index in [1.807, 2.05) is 24.0 Å². The highest BCUT2D eigenvalue weighted by atomic mass is 32.2. The molecule has 3 nitrogen and oxygen atoms in total. The third kappa shape index (κ3) is 2.11. The lowest BCUT2D eigenvalue weighted by molar-refractivity contribution is 0.403. The smallest absolute Gasteiger partial charge is 0.0705 e. The second-order valence-corrected chi connectivity index (χ2v) is 5.84. The van der Waals surface area contributed by atoms with Crippen molar-refractivity contribution in [3.05, 3.63) is 42.1 Å². The van der Waals surface area contributed by atoms with Gasteiger partial charge in [-0.05, 0) is 41.5 Å².